The number of carbonyl (C=O) groups is 1. The Labute approximate surface area is 103 Å². The van der Waals surface area contributed by atoms with E-state index in [-0.39, 0.29) is 5.91 Å². The van der Waals surface area contributed by atoms with Gasteiger partial charge in [0.1, 0.15) is 0 Å². The number of pyridine rings is 1. The lowest BCUT2D eigenvalue weighted by atomic mass is 10.3. The van der Waals surface area contributed by atoms with Gasteiger partial charge in [0.2, 0.25) is 5.91 Å². The zero-order chi connectivity index (χ0) is 11.9. The average Bonchev–Trinajstić information content (AvgIpc) is 2.83. The Morgan fingerprint density at radius 3 is 3.12 bits per heavy atom. The highest BCUT2D eigenvalue weighted by atomic mass is 32.1. The van der Waals surface area contributed by atoms with Crippen LogP contribution in [0.1, 0.15) is 10.4 Å². The molecule has 0 aliphatic heterocycles. The van der Waals surface area contributed by atoms with E-state index < -0.39 is 0 Å². The number of nitrogens with zero attached hydrogens (tertiary/aromatic N) is 2. The van der Waals surface area contributed by atoms with Gasteiger partial charge in [-0.2, -0.15) is 5.10 Å². The second-order valence-corrected chi connectivity index (χ2v) is 4.37. The Balaban J connectivity index is 1.82. The first kappa shape index (κ1) is 11.5. The minimum atomic E-state index is -0.118. The second-order valence-electron chi connectivity index (χ2n) is 3.34. The van der Waals surface area contributed by atoms with Gasteiger partial charge in [0, 0.05) is 22.8 Å². The number of carbonyl (C=O) groups excluding carboxylic acids is 1. The summed E-state index contributed by atoms with van der Waals surface area (Å²) in [5.41, 5.74) is 3.33. The summed E-state index contributed by atoms with van der Waals surface area (Å²) in [6.45, 7) is 0. The van der Waals surface area contributed by atoms with Gasteiger partial charge in [-0.05, 0) is 17.5 Å². The zero-order valence-electron chi connectivity index (χ0n) is 9.04. The fourth-order valence-corrected chi connectivity index (χ4v) is 1.95. The van der Waals surface area contributed by atoms with Crippen molar-refractivity contribution in [2.24, 2.45) is 5.10 Å². The molecule has 1 N–H and O–H groups in total. The summed E-state index contributed by atoms with van der Waals surface area (Å²) in [5.74, 6) is -0.118. The smallest absolute Gasteiger partial charge is 0.245 e. The number of amides is 1. The van der Waals surface area contributed by atoms with Crippen molar-refractivity contribution in [1.82, 2.24) is 10.4 Å². The Hall–Kier alpha value is -2.01. The van der Waals surface area contributed by atoms with Crippen LogP contribution in [0.3, 0.4) is 0 Å². The molecular weight excluding hydrogens is 234 g/mol. The van der Waals surface area contributed by atoms with E-state index in [4.69, 9.17) is 0 Å². The van der Waals surface area contributed by atoms with Gasteiger partial charge in [-0.25, -0.2) is 5.43 Å². The highest BCUT2D eigenvalue weighted by Gasteiger charge is 2.01. The lowest BCUT2D eigenvalue weighted by molar-refractivity contribution is -0.120. The number of aromatic nitrogens is 1. The summed E-state index contributed by atoms with van der Waals surface area (Å²) in [4.78, 5) is 16.4. The Morgan fingerprint density at radius 1 is 1.47 bits per heavy atom. The van der Waals surface area contributed by atoms with E-state index in [9.17, 15) is 4.79 Å². The standard InChI is InChI=1S/C12H11N3OS/c16-12(7-11-4-2-6-17-11)15-14-9-10-3-1-5-13-8-10/h1-6,8-9H,7H2,(H,15,16)/b14-9+. The molecule has 1 amide bonds. The highest BCUT2D eigenvalue weighted by Crippen LogP contribution is 2.08. The molecule has 17 heavy (non-hydrogen) atoms. The summed E-state index contributed by atoms with van der Waals surface area (Å²) in [6.07, 6.45) is 5.29. The molecule has 2 aromatic heterocycles. The minimum Gasteiger partial charge on any atom is -0.273 e. The van der Waals surface area contributed by atoms with Gasteiger partial charge in [0.05, 0.1) is 12.6 Å². The Bertz CT molecular complexity index is 494. The number of rotatable bonds is 4. The second kappa shape index (κ2) is 5.91. The largest absolute Gasteiger partial charge is 0.273 e. The van der Waals surface area contributed by atoms with E-state index in [1.54, 1.807) is 29.9 Å². The Morgan fingerprint density at radius 2 is 2.41 bits per heavy atom. The molecule has 0 saturated carbocycles. The van der Waals surface area contributed by atoms with E-state index in [0.717, 1.165) is 10.4 Å². The van der Waals surface area contributed by atoms with E-state index in [2.05, 4.69) is 15.5 Å². The normalized spacial score (nSPS) is 10.6. The molecular formula is C12H11N3OS. The van der Waals surface area contributed by atoms with Crippen LogP contribution in [-0.2, 0) is 11.2 Å². The molecule has 2 heterocycles. The average molecular weight is 245 g/mol. The maximum Gasteiger partial charge on any atom is 0.245 e. The van der Waals surface area contributed by atoms with Crippen LogP contribution in [0, 0.1) is 0 Å². The molecule has 0 fully saturated rings. The van der Waals surface area contributed by atoms with E-state index in [1.807, 2.05) is 29.6 Å². The van der Waals surface area contributed by atoms with Gasteiger partial charge in [0.25, 0.3) is 0 Å². The number of hydrazone groups is 1. The number of nitrogens with one attached hydrogen (secondary N) is 1. The van der Waals surface area contributed by atoms with Crippen LogP contribution in [-0.4, -0.2) is 17.1 Å². The van der Waals surface area contributed by atoms with Crippen molar-refractivity contribution in [3.05, 3.63) is 52.5 Å². The first-order chi connectivity index (χ1) is 8.34. The van der Waals surface area contributed by atoms with Gasteiger partial charge >= 0.3 is 0 Å². The fourth-order valence-electron chi connectivity index (χ4n) is 1.24. The van der Waals surface area contributed by atoms with Gasteiger partial charge in [-0.1, -0.05) is 12.1 Å². The van der Waals surface area contributed by atoms with Crippen molar-refractivity contribution in [3.8, 4) is 0 Å². The minimum absolute atomic E-state index is 0.118. The molecule has 0 unspecified atom stereocenters. The van der Waals surface area contributed by atoms with Crippen molar-refractivity contribution >= 4 is 23.5 Å². The molecule has 86 valence electrons. The number of hydrogen-bond acceptors (Lipinski definition) is 4. The molecule has 0 aromatic carbocycles. The molecule has 0 spiro atoms. The molecule has 0 radical (unpaired) electrons. The molecule has 0 aliphatic carbocycles. The molecule has 5 heteroatoms. The van der Waals surface area contributed by atoms with Crippen molar-refractivity contribution in [2.45, 2.75) is 6.42 Å². The monoisotopic (exact) mass is 245 g/mol. The van der Waals surface area contributed by atoms with Crippen LogP contribution in [0.4, 0.5) is 0 Å². The number of thiophene rings is 1. The van der Waals surface area contributed by atoms with E-state index in [1.165, 1.54) is 0 Å². The summed E-state index contributed by atoms with van der Waals surface area (Å²) in [5, 5.41) is 5.81. The first-order valence-corrected chi connectivity index (χ1v) is 5.97. The lowest BCUT2D eigenvalue weighted by Crippen LogP contribution is -2.19. The topological polar surface area (TPSA) is 54.4 Å². The van der Waals surface area contributed by atoms with Crippen LogP contribution >= 0.6 is 11.3 Å². The van der Waals surface area contributed by atoms with E-state index in [0.29, 0.717) is 6.42 Å². The van der Waals surface area contributed by atoms with Crippen LogP contribution in [0.25, 0.3) is 0 Å². The third-order valence-electron chi connectivity index (χ3n) is 2.00. The molecule has 0 saturated heterocycles. The first-order valence-electron chi connectivity index (χ1n) is 5.09. The van der Waals surface area contributed by atoms with Crippen molar-refractivity contribution in [2.75, 3.05) is 0 Å². The van der Waals surface area contributed by atoms with Crippen LogP contribution in [0.15, 0.2) is 47.1 Å². The van der Waals surface area contributed by atoms with Crippen LogP contribution in [0.2, 0.25) is 0 Å². The molecule has 2 aromatic rings. The van der Waals surface area contributed by atoms with Gasteiger partial charge in [0.15, 0.2) is 0 Å². The quantitative estimate of drug-likeness (QED) is 0.660. The predicted octanol–water partition coefficient (Wildman–Crippen LogP) is 1.84. The van der Waals surface area contributed by atoms with Crippen LogP contribution in [0.5, 0.6) is 0 Å². The lowest BCUT2D eigenvalue weighted by Gasteiger charge is -1.96. The van der Waals surface area contributed by atoms with Crippen molar-refractivity contribution in [3.63, 3.8) is 0 Å². The summed E-state index contributed by atoms with van der Waals surface area (Å²) in [6, 6.07) is 7.53. The van der Waals surface area contributed by atoms with Crippen molar-refractivity contribution < 1.29 is 4.79 Å². The summed E-state index contributed by atoms with van der Waals surface area (Å²) < 4.78 is 0. The Kier molecular flexibility index (Phi) is 3.99. The fraction of sp³-hybridized carbons (Fsp3) is 0.0833. The molecule has 0 bridgehead atoms. The van der Waals surface area contributed by atoms with E-state index >= 15 is 0 Å². The predicted molar refractivity (Wildman–Crippen MR) is 68.0 cm³/mol. The molecule has 0 aliphatic rings. The molecule has 4 nitrogen and oxygen atoms in total. The molecule has 0 atom stereocenters. The van der Waals surface area contributed by atoms with Gasteiger partial charge in [-0.3, -0.25) is 9.78 Å². The van der Waals surface area contributed by atoms with Crippen molar-refractivity contribution in [1.29, 1.82) is 0 Å². The summed E-state index contributed by atoms with van der Waals surface area (Å²) >= 11 is 1.56. The highest BCUT2D eigenvalue weighted by molar-refractivity contribution is 7.10. The maximum absolute atomic E-state index is 11.5. The molecule has 2 rings (SSSR count). The third-order valence-corrected chi connectivity index (χ3v) is 2.88. The van der Waals surface area contributed by atoms with Crippen LogP contribution < -0.4 is 5.43 Å². The zero-order valence-corrected chi connectivity index (χ0v) is 9.85. The maximum atomic E-state index is 11.5. The van der Waals surface area contributed by atoms with Gasteiger partial charge in [-0.15, -0.1) is 11.3 Å². The third kappa shape index (κ3) is 3.81. The van der Waals surface area contributed by atoms with Gasteiger partial charge < -0.3 is 0 Å². The SMILES string of the molecule is O=C(Cc1cccs1)N/N=C/c1cccnc1. The number of hydrogen-bond donors (Lipinski definition) is 1. The summed E-state index contributed by atoms with van der Waals surface area (Å²) in [7, 11) is 0.